The molecule has 2 aromatic heterocycles. The minimum atomic E-state index is -3.21. The summed E-state index contributed by atoms with van der Waals surface area (Å²) in [6.45, 7) is 3.91. The van der Waals surface area contributed by atoms with Gasteiger partial charge in [0.25, 0.3) is 0 Å². The molecule has 0 fully saturated rings. The van der Waals surface area contributed by atoms with Crippen molar-refractivity contribution >= 4 is 45.5 Å². The van der Waals surface area contributed by atoms with E-state index in [2.05, 4.69) is 30.8 Å². The lowest BCUT2D eigenvalue weighted by molar-refractivity contribution is 0.602. The second-order valence-electron chi connectivity index (χ2n) is 5.63. The molecule has 0 aliphatic carbocycles. The van der Waals surface area contributed by atoms with Crippen LogP contribution in [0.4, 0.5) is 23.3 Å². The second-order valence-corrected chi connectivity index (χ2v) is 7.65. The number of hydrogen-bond donors (Lipinski definition) is 3. The number of H-pyrrole nitrogens is 1. The minimum Gasteiger partial charge on any atom is -0.324 e. The van der Waals surface area contributed by atoms with Crippen LogP contribution in [-0.4, -0.2) is 34.8 Å². The average Bonchev–Trinajstić information content (AvgIpc) is 2.87. The topological polar surface area (TPSA) is 113 Å². The van der Waals surface area contributed by atoms with Gasteiger partial charge in [0.05, 0.1) is 4.90 Å². The first-order chi connectivity index (χ1) is 11.8. The number of anilines is 4. The van der Waals surface area contributed by atoms with Crippen LogP contribution in [-0.2, 0) is 9.84 Å². The van der Waals surface area contributed by atoms with Crippen LogP contribution >= 0.6 is 12.4 Å². The first-order valence-corrected chi connectivity index (χ1v) is 9.41. The molecule has 26 heavy (non-hydrogen) atoms. The van der Waals surface area contributed by atoms with Crippen LogP contribution in [0, 0.1) is 13.8 Å². The van der Waals surface area contributed by atoms with E-state index in [0.717, 1.165) is 11.3 Å². The Hall–Kier alpha value is -2.65. The second kappa shape index (κ2) is 7.71. The van der Waals surface area contributed by atoms with E-state index in [1.165, 1.54) is 18.4 Å². The average molecular weight is 395 g/mol. The number of rotatable bonds is 5. The monoisotopic (exact) mass is 394 g/mol. The number of nitrogens with zero attached hydrogens (tertiary/aromatic N) is 3. The number of nitrogens with one attached hydrogen (secondary N) is 3. The summed E-state index contributed by atoms with van der Waals surface area (Å²) < 4.78 is 23.0. The van der Waals surface area contributed by atoms with Gasteiger partial charge in [0, 0.05) is 29.4 Å². The number of aromatic amines is 1. The number of benzene rings is 1. The number of aryl methyl sites for hydroxylation is 1. The van der Waals surface area contributed by atoms with E-state index < -0.39 is 9.84 Å². The maximum atomic E-state index is 11.5. The molecule has 3 aromatic rings. The summed E-state index contributed by atoms with van der Waals surface area (Å²) in [5, 5.41) is 13.3. The van der Waals surface area contributed by atoms with Crippen LogP contribution in [0.5, 0.6) is 0 Å². The van der Waals surface area contributed by atoms with Crippen LogP contribution in [0.25, 0.3) is 0 Å². The summed E-state index contributed by atoms with van der Waals surface area (Å²) in [4.78, 5) is 8.81. The first kappa shape index (κ1) is 19.7. The zero-order chi connectivity index (χ0) is 18.0. The first-order valence-electron chi connectivity index (χ1n) is 7.52. The fraction of sp³-hybridized carbons (Fsp3) is 0.188. The van der Waals surface area contributed by atoms with Crippen LogP contribution in [0.2, 0.25) is 0 Å². The molecule has 3 rings (SSSR count). The molecular weight excluding hydrogens is 376 g/mol. The third kappa shape index (κ3) is 4.50. The third-order valence-corrected chi connectivity index (χ3v) is 4.82. The normalized spacial score (nSPS) is 10.9. The molecule has 0 aliphatic heterocycles. The Morgan fingerprint density at radius 3 is 2.31 bits per heavy atom. The Kier molecular flexibility index (Phi) is 5.83. The highest BCUT2D eigenvalue weighted by atomic mass is 35.5. The molecule has 1 aromatic carbocycles. The van der Waals surface area contributed by atoms with Gasteiger partial charge in [-0.2, -0.15) is 10.1 Å². The largest absolute Gasteiger partial charge is 0.324 e. The smallest absolute Gasteiger partial charge is 0.229 e. The summed E-state index contributed by atoms with van der Waals surface area (Å²) in [7, 11) is -3.21. The molecule has 10 heteroatoms. The van der Waals surface area contributed by atoms with Crippen molar-refractivity contribution in [3.8, 4) is 0 Å². The minimum absolute atomic E-state index is 0. The molecule has 0 bridgehead atoms. The predicted octanol–water partition coefficient (Wildman–Crippen LogP) is 3.13. The molecule has 138 valence electrons. The van der Waals surface area contributed by atoms with Crippen LogP contribution < -0.4 is 10.6 Å². The summed E-state index contributed by atoms with van der Waals surface area (Å²) in [6.07, 6.45) is 2.80. The number of sulfone groups is 1. The maximum Gasteiger partial charge on any atom is 0.229 e. The third-order valence-electron chi connectivity index (χ3n) is 3.69. The quantitative estimate of drug-likeness (QED) is 0.609. The van der Waals surface area contributed by atoms with Gasteiger partial charge in [0.15, 0.2) is 15.7 Å². The van der Waals surface area contributed by atoms with Crippen LogP contribution in [0.1, 0.15) is 11.3 Å². The Balaban J connectivity index is 0.00000243. The van der Waals surface area contributed by atoms with E-state index in [9.17, 15) is 8.42 Å². The number of hydrogen-bond acceptors (Lipinski definition) is 7. The van der Waals surface area contributed by atoms with Crippen molar-refractivity contribution in [1.29, 1.82) is 0 Å². The number of aromatic nitrogens is 4. The van der Waals surface area contributed by atoms with E-state index in [-0.39, 0.29) is 17.3 Å². The van der Waals surface area contributed by atoms with Crippen molar-refractivity contribution in [1.82, 2.24) is 20.2 Å². The van der Waals surface area contributed by atoms with Crippen molar-refractivity contribution in [2.45, 2.75) is 18.7 Å². The highest BCUT2D eigenvalue weighted by Crippen LogP contribution is 2.20. The van der Waals surface area contributed by atoms with E-state index in [4.69, 9.17) is 0 Å². The lowest BCUT2D eigenvalue weighted by Crippen LogP contribution is -2.02. The Morgan fingerprint density at radius 1 is 1.04 bits per heavy atom. The van der Waals surface area contributed by atoms with E-state index >= 15 is 0 Å². The van der Waals surface area contributed by atoms with Crippen molar-refractivity contribution in [3.63, 3.8) is 0 Å². The Labute approximate surface area is 157 Å². The van der Waals surface area contributed by atoms with Gasteiger partial charge in [0.2, 0.25) is 5.95 Å². The Bertz CT molecular complexity index is 1000. The molecule has 0 amide bonds. The summed E-state index contributed by atoms with van der Waals surface area (Å²) >= 11 is 0. The van der Waals surface area contributed by atoms with E-state index in [1.54, 1.807) is 24.4 Å². The SMILES string of the molecule is Cc1[nH]nc(Nc2ccnc(Nc3ccc(S(C)(=O)=O)cc3)n2)c1C.Cl. The molecule has 0 atom stereocenters. The molecule has 8 nitrogen and oxygen atoms in total. The molecule has 2 heterocycles. The fourth-order valence-corrected chi connectivity index (χ4v) is 2.76. The van der Waals surface area contributed by atoms with Crippen LogP contribution in [0.3, 0.4) is 0 Å². The molecule has 0 unspecified atom stereocenters. The van der Waals surface area contributed by atoms with Crippen molar-refractivity contribution in [2.24, 2.45) is 0 Å². The van der Waals surface area contributed by atoms with Gasteiger partial charge in [-0.15, -0.1) is 12.4 Å². The molecule has 0 radical (unpaired) electrons. The Morgan fingerprint density at radius 2 is 1.73 bits per heavy atom. The molecule has 0 saturated heterocycles. The highest BCUT2D eigenvalue weighted by molar-refractivity contribution is 7.90. The van der Waals surface area contributed by atoms with Crippen molar-refractivity contribution < 1.29 is 8.42 Å². The standard InChI is InChI=1S/C16H18N6O2S.ClH/c1-10-11(2)21-22-15(10)19-14-8-9-17-16(20-14)18-12-4-6-13(7-5-12)25(3,23)24;/h4-9H,1-3H3,(H3,17,18,19,20,21,22);1H. The summed E-state index contributed by atoms with van der Waals surface area (Å²) in [6, 6.07) is 8.15. The summed E-state index contributed by atoms with van der Waals surface area (Å²) in [5.74, 6) is 1.70. The summed E-state index contributed by atoms with van der Waals surface area (Å²) in [5.41, 5.74) is 2.70. The number of halogens is 1. The van der Waals surface area contributed by atoms with Gasteiger partial charge in [0.1, 0.15) is 5.82 Å². The molecule has 0 saturated carbocycles. The van der Waals surface area contributed by atoms with Crippen LogP contribution in [0.15, 0.2) is 41.4 Å². The fourth-order valence-electron chi connectivity index (χ4n) is 2.13. The molecule has 0 aliphatic rings. The van der Waals surface area contributed by atoms with Crippen molar-refractivity contribution in [3.05, 3.63) is 47.8 Å². The lowest BCUT2D eigenvalue weighted by atomic mass is 10.3. The van der Waals surface area contributed by atoms with Gasteiger partial charge in [-0.05, 0) is 44.2 Å². The lowest BCUT2D eigenvalue weighted by Gasteiger charge is -2.08. The van der Waals surface area contributed by atoms with Gasteiger partial charge < -0.3 is 10.6 Å². The van der Waals surface area contributed by atoms with Gasteiger partial charge in [-0.25, -0.2) is 13.4 Å². The van der Waals surface area contributed by atoms with Gasteiger partial charge in [-0.1, -0.05) is 0 Å². The predicted molar refractivity (Wildman–Crippen MR) is 103 cm³/mol. The highest BCUT2D eigenvalue weighted by Gasteiger charge is 2.08. The van der Waals surface area contributed by atoms with E-state index in [1.807, 2.05) is 13.8 Å². The van der Waals surface area contributed by atoms with Gasteiger partial charge >= 0.3 is 0 Å². The molecule has 3 N–H and O–H groups in total. The molecule has 0 spiro atoms. The van der Waals surface area contributed by atoms with E-state index in [0.29, 0.717) is 23.3 Å². The van der Waals surface area contributed by atoms with Gasteiger partial charge in [-0.3, -0.25) is 5.10 Å². The van der Waals surface area contributed by atoms with Crippen molar-refractivity contribution in [2.75, 3.05) is 16.9 Å². The molecular formula is C16H19ClN6O2S. The maximum absolute atomic E-state index is 11.5. The zero-order valence-electron chi connectivity index (χ0n) is 14.4. The zero-order valence-corrected chi connectivity index (χ0v) is 16.1.